The summed E-state index contributed by atoms with van der Waals surface area (Å²) in [6.07, 6.45) is 0. The summed E-state index contributed by atoms with van der Waals surface area (Å²) < 4.78 is 2.88. The highest BCUT2D eigenvalue weighted by molar-refractivity contribution is 9.10. The molecule has 0 saturated heterocycles. The van der Waals surface area contributed by atoms with E-state index < -0.39 is 0 Å². The molecule has 2 aromatic heterocycles. The predicted molar refractivity (Wildman–Crippen MR) is 84.6 cm³/mol. The zero-order valence-electron chi connectivity index (χ0n) is 12.5. The molecule has 2 aromatic rings. The SMILES string of the molecule is CCNc1cc(-n2nc(C)c(Br)c2C)nc(C(C)C)n1. The molecule has 2 heterocycles. The first-order valence-corrected chi connectivity index (χ1v) is 7.58. The van der Waals surface area contributed by atoms with E-state index in [0.29, 0.717) is 0 Å². The Hall–Kier alpha value is -1.43. The molecule has 0 unspecified atom stereocenters. The van der Waals surface area contributed by atoms with Crippen LogP contribution in [-0.2, 0) is 0 Å². The van der Waals surface area contributed by atoms with Crippen molar-refractivity contribution in [1.29, 1.82) is 0 Å². The van der Waals surface area contributed by atoms with Crippen LogP contribution in [0.25, 0.3) is 5.82 Å². The maximum Gasteiger partial charge on any atom is 0.159 e. The quantitative estimate of drug-likeness (QED) is 0.925. The molecule has 5 nitrogen and oxygen atoms in total. The summed E-state index contributed by atoms with van der Waals surface area (Å²) in [5.74, 6) is 2.73. The Kier molecular flexibility index (Phi) is 4.42. The number of nitrogens with one attached hydrogen (secondary N) is 1. The van der Waals surface area contributed by atoms with Gasteiger partial charge >= 0.3 is 0 Å². The fourth-order valence-electron chi connectivity index (χ4n) is 1.94. The third-order valence-electron chi connectivity index (χ3n) is 3.02. The van der Waals surface area contributed by atoms with E-state index in [1.54, 1.807) is 0 Å². The molecule has 0 amide bonds. The molecule has 0 radical (unpaired) electrons. The van der Waals surface area contributed by atoms with E-state index in [4.69, 9.17) is 0 Å². The maximum absolute atomic E-state index is 4.63. The second-order valence-corrected chi connectivity index (χ2v) is 5.84. The smallest absolute Gasteiger partial charge is 0.159 e. The number of aryl methyl sites for hydroxylation is 1. The van der Waals surface area contributed by atoms with Crippen molar-refractivity contribution in [3.8, 4) is 5.82 Å². The monoisotopic (exact) mass is 337 g/mol. The highest BCUT2D eigenvalue weighted by Crippen LogP contribution is 2.24. The first-order valence-electron chi connectivity index (χ1n) is 6.79. The first-order chi connectivity index (χ1) is 9.43. The molecule has 108 valence electrons. The minimum Gasteiger partial charge on any atom is -0.370 e. The zero-order valence-corrected chi connectivity index (χ0v) is 14.1. The Morgan fingerprint density at radius 2 is 2.00 bits per heavy atom. The van der Waals surface area contributed by atoms with Crippen LogP contribution in [0.2, 0.25) is 0 Å². The topological polar surface area (TPSA) is 55.6 Å². The summed E-state index contributed by atoms with van der Waals surface area (Å²) in [6, 6.07) is 1.93. The number of hydrogen-bond acceptors (Lipinski definition) is 4. The van der Waals surface area contributed by atoms with Crippen LogP contribution < -0.4 is 5.32 Å². The van der Waals surface area contributed by atoms with Crippen LogP contribution in [0.3, 0.4) is 0 Å². The summed E-state index contributed by atoms with van der Waals surface area (Å²) in [5, 5.41) is 7.78. The van der Waals surface area contributed by atoms with Crippen LogP contribution in [0.5, 0.6) is 0 Å². The molecule has 2 rings (SSSR count). The highest BCUT2D eigenvalue weighted by atomic mass is 79.9. The minimum atomic E-state index is 0.271. The predicted octanol–water partition coefficient (Wildman–Crippen LogP) is 3.60. The van der Waals surface area contributed by atoms with Crippen LogP contribution in [0.1, 0.15) is 43.9 Å². The average molecular weight is 338 g/mol. The number of aromatic nitrogens is 4. The summed E-state index contributed by atoms with van der Waals surface area (Å²) in [6.45, 7) is 11.1. The van der Waals surface area contributed by atoms with Gasteiger partial charge in [0.05, 0.1) is 15.9 Å². The van der Waals surface area contributed by atoms with Crippen molar-refractivity contribution in [2.24, 2.45) is 0 Å². The van der Waals surface area contributed by atoms with Gasteiger partial charge in [0, 0.05) is 18.5 Å². The molecule has 0 atom stereocenters. The lowest BCUT2D eigenvalue weighted by Crippen LogP contribution is -2.10. The van der Waals surface area contributed by atoms with Gasteiger partial charge in [-0.25, -0.2) is 14.6 Å². The van der Waals surface area contributed by atoms with E-state index in [0.717, 1.165) is 39.9 Å². The van der Waals surface area contributed by atoms with Crippen LogP contribution >= 0.6 is 15.9 Å². The average Bonchev–Trinajstić information content (AvgIpc) is 2.66. The normalized spacial score (nSPS) is 11.2. The van der Waals surface area contributed by atoms with Gasteiger partial charge in [-0.1, -0.05) is 13.8 Å². The van der Waals surface area contributed by atoms with Crippen molar-refractivity contribution in [3.63, 3.8) is 0 Å². The molecule has 20 heavy (non-hydrogen) atoms. The van der Waals surface area contributed by atoms with E-state index in [-0.39, 0.29) is 5.92 Å². The Morgan fingerprint density at radius 3 is 2.50 bits per heavy atom. The van der Waals surface area contributed by atoms with E-state index in [9.17, 15) is 0 Å². The third-order valence-corrected chi connectivity index (χ3v) is 4.17. The van der Waals surface area contributed by atoms with E-state index in [1.165, 1.54) is 0 Å². The van der Waals surface area contributed by atoms with Gasteiger partial charge in [0.25, 0.3) is 0 Å². The van der Waals surface area contributed by atoms with Gasteiger partial charge in [-0.2, -0.15) is 5.10 Å². The first kappa shape index (κ1) is 15.0. The van der Waals surface area contributed by atoms with Crippen molar-refractivity contribution in [1.82, 2.24) is 19.7 Å². The molecule has 0 bridgehead atoms. The van der Waals surface area contributed by atoms with E-state index in [1.807, 2.05) is 24.6 Å². The second-order valence-electron chi connectivity index (χ2n) is 5.05. The fourth-order valence-corrected chi connectivity index (χ4v) is 2.18. The Morgan fingerprint density at radius 1 is 1.30 bits per heavy atom. The van der Waals surface area contributed by atoms with Gasteiger partial charge in [-0.05, 0) is 36.7 Å². The molecule has 0 fully saturated rings. The molecular formula is C14H20BrN5. The van der Waals surface area contributed by atoms with Crippen molar-refractivity contribution >= 4 is 21.7 Å². The number of halogens is 1. The fraction of sp³-hybridized carbons (Fsp3) is 0.500. The summed E-state index contributed by atoms with van der Waals surface area (Å²) in [4.78, 5) is 9.16. The summed E-state index contributed by atoms with van der Waals surface area (Å²) >= 11 is 3.55. The standard InChI is InChI=1S/C14H20BrN5/c1-6-16-11-7-12(18-14(17-11)8(2)3)20-10(5)13(15)9(4)19-20/h7-8H,6H2,1-5H3,(H,16,17,18). The molecule has 0 aliphatic heterocycles. The van der Waals surface area contributed by atoms with Gasteiger partial charge in [0.1, 0.15) is 11.6 Å². The van der Waals surface area contributed by atoms with E-state index >= 15 is 0 Å². The van der Waals surface area contributed by atoms with Gasteiger partial charge in [0.2, 0.25) is 0 Å². The Balaban J connectivity index is 2.57. The summed E-state index contributed by atoms with van der Waals surface area (Å²) in [5.41, 5.74) is 2.00. The Bertz CT molecular complexity index is 618. The summed E-state index contributed by atoms with van der Waals surface area (Å²) in [7, 11) is 0. The lowest BCUT2D eigenvalue weighted by molar-refractivity contribution is 0.736. The van der Waals surface area contributed by atoms with E-state index in [2.05, 4.69) is 57.1 Å². The van der Waals surface area contributed by atoms with Gasteiger partial charge in [-0.3, -0.25) is 0 Å². The van der Waals surface area contributed by atoms with Gasteiger partial charge < -0.3 is 5.32 Å². The maximum atomic E-state index is 4.63. The Labute approximate surface area is 128 Å². The molecular weight excluding hydrogens is 318 g/mol. The van der Waals surface area contributed by atoms with Crippen LogP contribution in [0.4, 0.5) is 5.82 Å². The molecule has 0 saturated carbocycles. The number of rotatable bonds is 4. The van der Waals surface area contributed by atoms with Crippen molar-refractivity contribution in [3.05, 3.63) is 27.8 Å². The molecule has 0 aromatic carbocycles. The molecule has 0 aliphatic rings. The van der Waals surface area contributed by atoms with Crippen molar-refractivity contribution in [2.45, 2.75) is 40.5 Å². The largest absolute Gasteiger partial charge is 0.370 e. The van der Waals surface area contributed by atoms with Crippen LogP contribution in [0, 0.1) is 13.8 Å². The number of hydrogen-bond donors (Lipinski definition) is 1. The van der Waals surface area contributed by atoms with Crippen LogP contribution in [0.15, 0.2) is 10.5 Å². The van der Waals surface area contributed by atoms with Crippen molar-refractivity contribution < 1.29 is 0 Å². The number of anilines is 1. The van der Waals surface area contributed by atoms with Gasteiger partial charge in [-0.15, -0.1) is 0 Å². The lowest BCUT2D eigenvalue weighted by Gasteiger charge is -2.11. The highest BCUT2D eigenvalue weighted by Gasteiger charge is 2.14. The lowest BCUT2D eigenvalue weighted by atomic mass is 10.2. The zero-order chi connectivity index (χ0) is 14.9. The molecule has 0 aliphatic carbocycles. The molecule has 1 N–H and O–H groups in total. The molecule has 0 spiro atoms. The minimum absolute atomic E-state index is 0.271. The third kappa shape index (κ3) is 2.85. The number of nitrogens with zero attached hydrogens (tertiary/aromatic N) is 4. The van der Waals surface area contributed by atoms with Crippen molar-refractivity contribution in [2.75, 3.05) is 11.9 Å². The second kappa shape index (κ2) is 5.91. The van der Waals surface area contributed by atoms with Crippen LogP contribution in [-0.4, -0.2) is 26.3 Å². The van der Waals surface area contributed by atoms with Gasteiger partial charge in [0.15, 0.2) is 5.82 Å². The molecule has 6 heteroatoms.